The van der Waals surface area contributed by atoms with Crippen molar-refractivity contribution in [2.75, 3.05) is 17.8 Å². The van der Waals surface area contributed by atoms with Crippen LogP contribution in [0.2, 0.25) is 0 Å². The largest absolute Gasteiger partial charge is 0.396 e. The van der Waals surface area contributed by atoms with E-state index in [0.29, 0.717) is 11.6 Å². The van der Waals surface area contributed by atoms with Gasteiger partial charge in [0.15, 0.2) is 0 Å². The summed E-state index contributed by atoms with van der Waals surface area (Å²) in [6.07, 6.45) is 0. The summed E-state index contributed by atoms with van der Waals surface area (Å²) in [5.74, 6) is 6.47. The topological polar surface area (TPSA) is 71.2 Å². The second kappa shape index (κ2) is 4.97. The molecule has 1 heterocycles. The minimum absolute atomic E-state index is 0.159. The number of rotatable bonds is 4. The predicted molar refractivity (Wildman–Crippen MR) is 49.9 cm³/mol. The molecular weight excluding hydrogens is 174 g/mol. The highest BCUT2D eigenvalue weighted by Gasteiger charge is 1.95. The average Bonchev–Trinajstić information content (AvgIpc) is 2.15. The van der Waals surface area contributed by atoms with Crippen molar-refractivity contribution in [2.45, 2.75) is 5.03 Å². The van der Waals surface area contributed by atoms with Crippen molar-refractivity contribution in [3.05, 3.63) is 18.2 Å². The molecule has 0 radical (unpaired) electrons. The van der Waals surface area contributed by atoms with Gasteiger partial charge in [-0.25, -0.2) is 10.8 Å². The first-order valence-electron chi connectivity index (χ1n) is 3.54. The van der Waals surface area contributed by atoms with E-state index in [2.05, 4.69) is 10.4 Å². The van der Waals surface area contributed by atoms with Crippen LogP contribution in [0.15, 0.2) is 23.2 Å². The highest BCUT2D eigenvalue weighted by molar-refractivity contribution is 7.99. The van der Waals surface area contributed by atoms with Crippen molar-refractivity contribution in [3.63, 3.8) is 0 Å². The van der Waals surface area contributed by atoms with Gasteiger partial charge in [0.05, 0.1) is 11.6 Å². The number of nitrogens with zero attached hydrogens (tertiary/aromatic N) is 1. The molecule has 0 bridgehead atoms. The average molecular weight is 185 g/mol. The Bertz CT molecular complexity index is 244. The van der Waals surface area contributed by atoms with Gasteiger partial charge < -0.3 is 10.5 Å². The standard InChI is InChI=1S/C7H11N3OS/c8-10-6-2-1-3-7(9-6)12-5-4-11/h1-3,11H,4-5,8H2,(H,9,10). The second-order valence-corrected chi connectivity index (χ2v) is 3.19. The van der Waals surface area contributed by atoms with E-state index in [9.17, 15) is 0 Å². The van der Waals surface area contributed by atoms with Crippen LogP contribution in [-0.2, 0) is 0 Å². The number of nitrogens with two attached hydrogens (primary N) is 1. The number of aliphatic hydroxyl groups is 1. The number of aromatic nitrogens is 1. The van der Waals surface area contributed by atoms with Gasteiger partial charge in [0, 0.05) is 5.75 Å². The monoisotopic (exact) mass is 185 g/mol. The normalized spacial score (nSPS) is 9.83. The lowest BCUT2D eigenvalue weighted by atomic mass is 10.5. The van der Waals surface area contributed by atoms with Gasteiger partial charge in [-0.05, 0) is 12.1 Å². The molecule has 0 unspecified atom stereocenters. The van der Waals surface area contributed by atoms with E-state index in [1.807, 2.05) is 12.1 Å². The zero-order chi connectivity index (χ0) is 8.81. The smallest absolute Gasteiger partial charge is 0.141 e. The lowest BCUT2D eigenvalue weighted by molar-refractivity contribution is 0.322. The number of hydrazine groups is 1. The third-order valence-corrected chi connectivity index (χ3v) is 2.12. The van der Waals surface area contributed by atoms with Crippen LogP contribution in [-0.4, -0.2) is 22.5 Å². The first-order chi connectivity index (χ1) is 5.86. The first kappa shape index (κ1) is 9.31. The molecule has 1 aromatic heterocycles. The molecule has 0 amide bonds. The van der Waals surface area contributed by atoms with Crippen LogP contribution in [0.4, 0.5) is 5.82 Å². The summed E-state index contributed by atoms with van der Waals surface area (Å²) in [6, 6.07) is 5.52. The van der Waals surface area contributed by atoms with Crippen LogP contribution >= 0.6 is 11.8 Å². The first-order valence-corrected chi connectivity index (χ1v) is 4.52. The number of aliphatic hydroxyl groups excluding tert-OH is 1. The summed E-state index contributed by atoms with van der Waals surface area (Å²) >= 11 is 1.49. The number of pyridine rings is 1. The Morgan fingerprint density at radius 1 is 1.58 bits per heavy atom. The van der Waals surface area contributed by atoms with E-state index in [-0.39, 0.29) is 6.61 Å². The fourth-order valence-electron chi connectivity index (χ4n) is 0.726. The molecule has 0 atom stereocenters. The van der Waals surface area contributed by atoms with Crippen LogP contribution < -0.4 is 11.3 Å². The summed E-state index contributed by atoms with van der Waals surface area (Å²) in [7, 11) is 0. The number of anilines is 1. The number of thioether (sulfide) groups is 1. The van der Waals surface area contributed by atoms with Crippen LogP contribution in [0.1, 0.15) is 0 Å². The van der Waals surface area contributed by atoms with Crippen molar-refractivity contribution >= 4 is 17.6 Å². The van der Waals surface area contributed by atoms with E-state index < -0.39 is 0 Å². The van der Waals surface area contributed by atoms with Crippen molar-refractivity contribution in [3.8, 4) is 0 Å². The second-order valence-electron chi connectivity index (χ2n) is 2.08. The zero-order valence-electron chi connectivity index (χ0n) is 6.53. The van der Waals surface area contributed by atoms with Gasteiger partial charge >= 0.3 is 0 Å². The Labute approximate surface area is 75.2 Å². The highest BCUT2D eigenvalue weighted by atomic mass is 32.2. The molecule has 1 aromatic rings. The molecule has 4 nitrogen and oxygen atoms in total. The van der Waals surface area contributed by atoms with Gasteiger partial charge in [0.1, 0.15) is 5.82 Å². The molecule has 1 rings (SSSR count). The maximum atomic E-state index is 8.57. The Kier molecular flexibility index (Phi) is 3.86. The minimum atomic E-state index is 0.159. The SMILES string of the molecule is NNc1cccc(SCCO)n1. The van der Waals surface area contributed by atoms with E-state index in [0.717, 1.165) is 5.03 Å². The quantitative estimate of drug-likeness (QED) is 0.361. The molecule has 0 saturated carbocycles. The van der Waals surface area contributed by atoms with Gasteiger partial charge in [0.2, 0.25) is 0 Å². The Hall–Kier alpha value is -0.780. The van der Waals surface area contributed by atoms with E-state index >= 15 is 0 Å². The van der Waals surface area contributed by atoms with Gasteiger partial charge in [-0.2, -0.15) is 0 Å². The molecule has 0 aliphatic rings. The Balaban J connectivity index is 2.60. The summed E-state index contributed by atoms with van der Waals surface area (Å²) in [4.78, 5) is 4.14. The Morgan fingerprint density at radius 2 is 2.42 bits per heavy atom. The maximum Gasteiger partial charge on any atom is 0.141 e. The lowest BCUT2D eigenvalue weighted by Gasteiger charge is -2.01. The number of hydrogen-bond acceptors (Lipinski definition) is 5. The molecule has 4 N–H and O–H groups in total. The summed E-state index contributed by atoms with van der Waals surface area (Å²) < 4.78 is 0. The molecule has 66 valence electrons. The van der Waals surface area contributed by atoms with Gasteiger partial charge in [-0.1, -0.05) is 6.07 Å². The maximum absolute atomic E-state index is 8.57. The molecule has 12 heavy (non-hydrogen) atoms. The number of nitrogens with one attached hydrogen (secondary N) is 1. The third kappa shape index (κ3) is 2.69. The van der Waals surface area contributed by atoms with Crippen LogP contribution in [0.5, 0.6) is 0 Å². The zero-order valence-corrected chi connectivity index (χ0v) is 7.34. The van der Waals surface area contributed by atoms with Crippen molar-refractivity contribution < 1.29 is 5.11 Å². The van der Waals surface area contributed by atoms with E-state index in [4.69, 9.17) is 10.9 Å². The lowest BCUT2D eigenvalue weighted by Crippen LogP contribution is -2.08. The summed E-state index contributed by atoms with van der Waals surface area (Å²) in [6.45, 7) is 0.159. The molecule has 0 spiro atoms. The Morgan fingerprint density at radius 3 is 3.08 bits per heavy atom. The number of hydrogen-bond donors (Lipinski definition) is 3. The van der Waals surface area contributed by atoms with Crippen molar-refractivity contribution in [2.24, 2.45) is 5.84 Å². The highest BCUT2D eigenvalue weighted by Crippen LogP contribution is 2.15. The van der Waals surface area contributed by atoms with Crippen LogP contribution in [0, 0.1) is 0 Å². The molecule has 0 fully saturated rings. The molecule has 0 saturated heterocycles. The van der Waals surface area contributed by atoms with Crippen molar-refractivity contribution in [1.29, 1.82) is 0 Å². The molecule has 5 heteroatoms. The fraction of sp³-hybridized carbons (Fsp3) is 0.286. The van der Waals surface area contributed by atoms with E-state index in [1.165, 1.54) is 11.8 Å². The van der Waals surface area contributed by atoms with Crippen molar-refractivity contribution in [1.82, 2.24) is 4.98 Å². The molecule has 0 aromatic carbocycles. The van der Waals surface area contributed by atoms with Gasteiger partial charge in [-0.15, -0.1) is 11.8 Å². The summed E-state index contributed by atoms with van der Waals surface area (Å²) in [5.41, 5.74) is 2.46. The number of nitrogen functional groups attached to an aromatic ring is 1. The van der Waals surface area contributed by atoms with Gasteiger partial charge in [0.25, 0.3) is 0 Å². The predicted octanol–water partition coefficient (Wildman–Crippen LogP) is 0.452. The van der Waals surface area contributed by atoms with Crippen LogP contribution in [0.25, 0.3) is 0 Å². The molecule has 0 aliphatic carbocycles. The third-order valence-electron chi connectivity index (χ3n) is 1.21. The summed E-state index contributed by atoms with van der Waals surface area (Å²) in [5, 5.41) is 9.43. The molecular formula is C7H11N3OS. The minimum Gasteiger partial charge on any atom is -0.396 e. The van der Waals surface area contributed by atoms with E-state index in [1.54, 1.807) is 6.07 Å². The van der Waals surface area contributed by atoms with Gasteiger partial charge in [-0.3, -0.25) is 0 Å². The fourth-order valence-corrected chi connectivity index (χ4v) is 1.36. The molecule has 0 aliphatic heterocycles. The van der Waals surface area contributed by atoms with Crippen LogP contribution in [0.3, 0.4) is 0 Å².